The van der Waals surface area contributed by atoms with E-state index in [9.17, 15) is 14.0 Å². The number of hydrogen-bond donors (Lipinski definition) is 3. The van der Waals surface area contributed by atoms with Crippen molar-refractivity contribution in [2.24, 2.45) is 0 Å². The van der Waals surface area contributed by atoms with Crippen LogP contribution in [0.1, 0.15) is 12.0 Å². The summed E-state index contributed by atoms with van der Waals surface area (Å²) in [6, 6.07) is 1.90. The molecule has 0 atom stereocenters. The van der Waals surface area contributed by atoms with E-state index in [2.05, 4.69) is 10.6 Å². The number of urea groups is 1. The summed E-state index contributed by atoms with van der Waals surface area (Å²) in [7, 11) is 0. The Morgan fingerprint density at radius 2 is 2.11 bits per heavy atom. The number of carbonyl (C=O) groups is 2. The number of carboxylic acids is 1. The van der Waals surface area contributed by atoms with Crippen LogP contribution < -0.4 is 10.6 Å². The number of aliphatic carboxylic acids is 1. The molecule has 18 heavy (non-hydrogen) atoms. The first-order valence-electron chi connectivity index (χ1n) is 5.13. The lowest BCUT2D eigenvalue weighted by atomic mass is 10.2. The fourth-order valence-corrected chi connectivity index (χ4v) is 1.50. The number of amides is 2. The zero-order valence-electron chi connectivity index (χ0n) is 9.59. The molecule has 0 saturated carbocycles. The third kappa shape index (κ3) is 3.89. The maximum atomic E-state index is 13.3. The molecule has 1 aromatic carbocycles. The van der Waals surface area contributed by atoms with Crippen LogP contribution in [0, 0.1) is 12.7 Å². The average molecular weight is 275 g/mol. The van der Waals surface area contributed by atoms with Gasteiger partial charge in [-0.2, -0.15) is 0 Å². The third-order valence-corrected chi connectivity index (χ3v) is 2.53. The molecule has 0 saturated heterocycles. The monoisotopic (exact) mass is 274 g/mol. The number of nitrogens with one attached hydrogen (secondary N) is 2. The van der Waals surface area contributed by atoms with E-state index in [0.717, 1.165) is 0 Å². The lowest BCUT2D eigenvalue weighted by Crippen LogP contribution is -2.31. The average Bonchev–Trinajstić information content (AvgIpc) is 2.29. The van der Waals surface area contributed by atoms with Crippen LogP contribution in [0.3, 0.4) is 0 Å². The highest BCUT2D eigenvalue weighted by Gasteiger charge is 2.11. The van der Waals surface area contributed by atoms with Gasteiger partial charge < -0.3 is 15.7 Å². The van der Waals surface area contributed by atoms with Crippen LogP contribution in [0.25, 0.3) is 0 Å². The van der Waals surface area contributed by atoms with Gasteiger partial charge in [-0.3, -0.25) is 4.79 Å². The van der Waals surface area contributed by atoms with Crippen molar-refractivity contribution in [2.75, 3.05) is 11.9 Å². The standard InChI is InChI=1S/C11H12ClFN2O3/c1-6-8(13)3-2-7(12)10(6)15-11(18)14-5-4-9(16)17/h2-3H,4-5H2,1H3,(H,16,17)(H2,14,15,18). The summed E-state index contributed by atoms with van der Waals surface area (Å²) in [5.74, 6) is -1.50. The van der Waals surface area contributed by atoms with Crippen LogP contribution in [-0.4, -0.2) is 23.7 Å². The summed E-state index contributed by atoms with van der Waals surface area (Å²) in [4.78, 5) is 21.7. The fourth-order valence-electron chi connectivity index (χ4n) is 1.25. The number of rotatable bonds is 4. The van der Waals surface area contributed by atoms with E-state index in [1.165, 1.54) is 19.1 Å². The zero-order chi connectivity index (χ0) is 13.7. The minimum absolute atomic E-state index is 0.0207. The summed E-state index contributed by atoms with van der Waals surface area (Å²) >= 11 is 5.83. The highest BCUT2D eigenvalue weighted by molar-refractivity contribution is 6.33. The van der Waals surface area contributed by atoms with Crippen molar-refractivity contribution >= 4 is 29.3 Å². The summed E-state index contributed by atoms with van der Waals surface area (Å²) in [5, 5.41) is 13.3. The molecule has 0 spiro atoms. The van der Waals surface area contributed by atoms with Gasteiger partial charge in [0.2, 0.25) is 0 Å². The minimum atomic E-state index is -1.02. The van der Waals surface area contributed by atoms with Crippen molar-refractivity contribution in [1.29, 1.82) is 0 Å². The van der Waals surface area contributed by atoms with Crippen molar-refractivity contribution < 1.29 is 19.1 Å². The van der Waals surface area contributed by atoms with Crippen LogP contribution in [0.5, 0.6) is 0 Å². The quantitative estimate of drug-likeness (QED) is 0.789. The zero-order valence-corrected chi connectivity index (χ0v) is 10.3. The predicted molar refractivity (Wildman–Crippen MR) is 65.4 cm³/mol. The molecule has 0 aliphatic carbocycles. The molecule has 0 aliphatic heterocycles. The van der Waals surface area contributed by atoms with E-state index >= 15 is 0 Å². The van der Waals surface area contributed by atoms with Crippen molar-refractivity contribution in [1.82, 2.24) is 5.32 Å². The largest absolute Gasteiger partial charge is 0.481 e. The van der Waals surface area contributed by atoms with E-state index < -0.39 is 17.8 Å². The van der Waals surface area contributed by atoms with Crippen molar-refractivity contribution in [3.05, 3.63) is 28.5 Å². The molecule has 0 aromatic heterocycles. The summed E-state index contributed by atoms with van der Waals surface area (Å²) in [6.07, 6.45) is -0.191. The number of carbonyl (C=O) groups excluding carboxylic acids is 1. The topological polar surface area (TPSA) is 78.4 Å². The molecule has 2 amide bonds. The summed E-state index contributed by atoms with van der Waals surface area (Å²) in [5.41, 5.74) is 0.389. The lowest BCUT2D eigenvalue weighted by Gasteiger charge is -2.11. The molecule has 5 nitrogen and oxygen atoms in total. The van der Waals surface area contributed by atoms with Crippen molar-refractivity contribution in [2.45, 2.75) is 13.3 Å². The van der Waals surface area contributed by atoms with Crippen LogP contribution >= 0.6 is 11.6 Å². The number of hydrogen-bond acceptors (Lipinski definition) is 2. The van der Waals surface area contributed by atoms with Gasteiger partial charge in [0.15, 0.2) is 0 Å². The first-order chi connectivity index (χ1) is 8.41. The molecule has 0 radical (unpaired) electrons. The second-order valence-electron chi connectivity index (χ2n) is 3.55. The number of benzene rings is 1. The maximum Gasteiger partial charge on any atom is 0.319 e. The molecule has 0 aliphatic rings. The molecule has 3 N–H and O–H groups in total. The van der Waals surface area contributed by atoms with Gasteiger partial charge in [0.05, 0.1) is 17.1 Å². The Kier molecular flexibility index (Phi) is 4.91. The molecule has 1 rings (SSSR count). The first-order valence-corrected chi connectivity index (χ1v) is 5.51. The van der Waals surface area contributed by atoms with Crippen LogP contribution in [0.15, 0.2) is 12.1 Å². The van der Waals surface area contributed by atoms with Gasteiger partial charge in [0.25, 0.3) is 0 Å². The Bertz CT molecular complexity index is 480. The van der Waals surface area contributed by atoms with Gasteiger partial charge in [0.1, 0.15) is 5.82 Å². The Balaban J connectivity index is 2.65. The van der Waals surface area contributed by atoms with Crippen LogP contribution in [-0.2, 0) is 4.79 Å². The van der Waals surface area contributed by atoms with Crippen molar-refractivity contribution in [3.8, 4) is 0 Å². The molecular weight excluding hydrogens is 263 g/mol. The van der Waals surface area contributed by atoms with E-state index in [1.54, 1.807) is 0 Å². The highest BCUT2D eigenvalue weighted by Crippen LogP contribution is 2.27. The minimum Gasteiger partial charge on any atom is -0.481 e. The Hall–Kier alpha value is -1.82. The predicted octanol–water partition coefficient (Wildman–Crippen LogP) is 2.38. The van der Waals surface area contributed by atoms with Gasteiger partial charge in [-0.25, -0.2) is 9.18 Å². The van der Waals surface area contributed by atoms with E-state index in [-0.39, 0.29) is 29.2 Å². The van der Waals surface area contributed by atoms with Gasteiger partial charge in [-0.1, -0.05) is 11.6 Å². The number of anilines is 1. The van der Waals surface area contributed by atoms with Crippen LogP contribution in [0.4, 0.5) is 14.9 Å². The second-order valence-corrected chi connectivity index (χ2v) is 3.96. The molecular formula is C11H12ClFN2O3. The first kappa shape index (κ1) is 14.2. The lowest BCUT2D eigenvalue weighted by molar-refractivity contribution is -0.136. The Morgan fingerprint density at radius 1 is 1.44 bits per heavy atom. The van der Waals surface area contributed by atoms with E-state index in [0.29, 0.717) is 0 Å². The van der Waals surface area contributed by atoms with Crippen LogP contribution in [0.2, 0.25) is 5.02 Å². The smallest absolute Gasteiger partial charge is 0.319 e. The number of carboxylic acid groups (broad SMARTS) is 1. The van der Waals surface area contributed by atoms with Gasteiger partial charge in [-0.15, -0.1) is 0 Å². The fraction of sp³-hybridized carbons (Fsp3) is 0.273. The SMILES string of the molecule is Cc1c(F)ccc(Cl)c1NC(=O)NCCC(=O)O. The molecule has 98 valence electrons. The Morgan fingerprint density at radius 3 is 2.72 bits per heavy atom. The number of halogens is 2. The molecule has 0 bridgehead atoms. The molecule has 0 fully saturated rings. The van der Waals surface area contributed by atoms with Gasteiger partial charge in [-0.05, 0) is 19.1 Å². The third-order valence-electron chi connectivity index (χ3n) is 2.21. The van der Waals surface area contributed by atoms with E-state index in [1.807, 2.05) is 0 Å². The molecule has 0 heterocycles. The molecule has 1 aromatic rings. The highest BCUT2D eigenvalue weighted by atomic mass is 35.5. The maximum absolute atomic E-state index is 13.3. The molecule has 0 unspecified atom stereocenters. The normalized spacial score (nSPS) is 9.94. The second kappa shape index (κ2) is 6.20. The van der Waals surface area contributed by atoms with E-state index in [4.69, 9.17) is 16.7 Å². The van der Waals surface area contributed by atoms with Gasteiger partial charge >= 0.3 is 12.0 Å². The molecule has 7 heteroatoms. The summed E-state index contributed by atoms with van der Waals surface area (Å²) < 4.78 is 13.3. The van der Waals surface area contributed by atoms with Crippen molar-refractivity contribution in [3.63, 3.8) is 0 Å². The Labute approximate surface area is 108 Å². The van der Waals surface area contributed by atoms with Gasteiger partial charge in [0, 0.05) is 12.1 Å². The summed E-state index contributed by atoms with van der Waals surface area (Å²) in [6.45, 7) is 1.46.